The van der Waals surface area contributed by atoms with Gasteiger partial charge in [-0.3, -0.25) is 4.79 Å². The summed E-state index contributed by atoms with van der Waals surface area (Å²) in [5.41, 5.74) is 7.28. The van der Waals surface area contributed by atoms with E-state index in [4.69, 9.17) is 0 Å². The standard InChI is InChI=1S/C12H18N2O/c1-8-5-6-12(14(4)10(3)15)11(7-8)9(2)13/h5-7,9H,13H2,1-4H3/p+1. The highest BCUT2D eigenvalue weighted by molar-refractivity contribution is 5.91. The molecule has 0 aromatic heterocycles. The molecule has 15 heavy (non-hydrogen) atoms. The molecular formula is C12H19N2O+. The van der Waals surface area contributed by atoms with Gasteiger partial charge in [0, 0.05) is 19.5 Å². The minimum Gasteiger partial charge on any atom is -0.352 e. The van der Waals surface area contributed by atoms with Gasteiger partial charge in [-0.05, 0) is 26.0 Å². The fourth-order valence-electron chi connectivity index (χ4n) is 1.54. The first kappa shape index (κ1) is 11.7. The zero-order chi connectivity index (χ0) is 11.6. The Morgan fingerprint density at radius 2 is 2.07 bits per heavy atom. The molecule has 0 heterocycles. The summed E-state index contributed by atoms with van der Waals surface area (Å²) in [6, 6.07) is 6.27. The Morgan fingerprint density at radius 1 is 1.47 bits per heavy atom. The maximum Gasteiger partial charge on any atom is 0.223 e. The minimum absolute atomic E-state index is 0.0424. The highest BCUT2D eigenvalue weighted by atomic mass is 16.2. The number of carbonyl (C=O) groups is 1. The van der Waals surface area contributed by atoms with E-state index < -0.39 is 0 Å². The van der Waals surface area contributed by atoms with E-state index in [-0.39, 0.29) is 11.9 Å². The van der Waals surface area contributed by atoms with Crippen LogP contribution in [0, 0.1) is 6.92 Å². The molecule has 0 saturated heterocycles. The molecule has 0 radical (unpaired) electrons. The number of anilines is 1. The van der Waals surface area contributed by atoms with Crippen molar-refractivity contribution in [1.29, 1.82) is 0 Å². The first-order chi connectivity index (χ1) is 6.93. The highest BCUT2D eigenvalue weighted by Crippen LogP contribution is 2.24. The van der Waals surface area contributed by atoms with Crippen LogP contribution in [-0.2, 0) is 4.79 Å². The van der Waals surface area contributed by atoms with Gasteiger partial charge in [0.25, 0.3) is 0 Å². The van der Waals surface area contributed by atoms with Crippen molar-refractivity contribution in [2.75, 3.05) is 11.9 Å². The Hall–Kier alpha value is -1.35. The SMILES string of the molecule is CC(=O)N(C)c1ccc(C)cc1C(C)[NH3+]. The van der Waals surface area contributed by atoms with E-state index in [1.54, 1.807) is 18.9 Å². The molecule has 3 nitrogen and oxygen atoms in total. The average molecular weight is 207 g/mol. The van der Waals surface area contributed by atoms with E-state index in [0.29, 0.717) is 0 Å². The third kappa shape index (κ3) is 2.57. The number of hydrogen-bond acceptors (Lipinski definition) is 1. The Labute approximate surface area is 90.9 Å². The van der Waals surface area contributed by atoms with Crippen LogP contribution in [0.5, 0.6) is 0 Å². The van der Waals surface area contributed by atoms with Gasteiger partial charge in [0.15, 0.2) is 0 Å². The molecule has 0 bridgehead atoms. The topological polar surface area (TPSA) is 48.0 Å². The van der Waals surface area contributed by atoms with E-state index in [2.05, 4.69) is 11.8 Å². The van der Waals surface area contributed by atoms with Gasteiger partial charge in [-0.15, -0.1) is 0 Å². The number of aryl methyl sites for hydroxylation is 1. The number of quaternary nitrogens is 1. The molecule has 0 aliphatic heterocycles. The molecule has 0 spiro atoms. The average Bonchev–Trinajstić information content (AvgIpc) is 2.16. The monoisotopic (exact) mass is 207 g/mol. The molecule has 82 valence electrons. The van der Waals surface area contributed by atoms with Crippen LogP contribution in [0.3, 0.4) is 0 Å². The fourth-order valence-corrected chi connectivity index (χ4v) is 1.54. The number of hydrogen-bond donors (Lipinski definition) is 1. The zero-order valence-corrected chi connectivity index (χ0v) is 9.87. The smallest absolute Gasteiger partial charge is 0.223 e. The highest BCUT2D eigenvalue weighted by Gasteiger charge is 2.15. The van der Waals surface area contributed by atoms with Gasteiger partial charge < -0.3 is 10.6 Å². The largest absolute Gasteiger partial charge is 0.352 e. The Bertz CT molecular complexity index is 372. The zero-order valence-electron chi connectivity index (χ0n) is 9.87. The summed E-state index contributed by atoms with van der Waals surface area (Å²) in [6.45, 7) is 5.65. The summed E-state index contributed by atoms with van der Waals surface area (Å²) in [6.07, 6.45) is 0. The summed E-state index contributed by atoms with van der Waals surface area (Å²) < 4.78 is 0. The molecule has 1 atom stereocenters. The number of rotatable bonds is 2. The normalized spacial score (nSPS) is 12.3. The quantitative estimate of drug-likeness (QED) is 0.780. The summed E-state index contributed by atoms with van der Waals surface area (Å²) in [5, 5.41) is 0. The van der Waals surface area contributed by atoms with Gasteiger partial charge in [-0.1, -0.05) is 11.6 Å². The van der Waals surface area contributed by atoms with Crippen LogP contribution >= 0.6 is 0 Å². The summed E-state index contributed by atoms with van der Waals surface area (Å²) >= 11 is 0. The van der Waals surface area contributed by atoms with E-state index in [1.165, 1.54) is 5.56 Å². The second kappa shape index (κ2) is 4.45. The third-order valence-corrected chi connectivity index (χ3v) is 2.55. The van der Waals surface area contributed by atoms with Crippen LogP contribution in [-0.4, -0.2) is 13.0 Å². The van der Waals surface area contributed by atoms with Crippen LogP contribution in [0.4, 0.5) is 5.69 Å². The van der Waals surface area contributed by atoms with Crippen molar-refractivity contribution in [3.05, 3.63) is 29.3 Å². The fraction of sp³-hybridized carbons (Fsp3) is 0.417. The molecule has 0 aliphatic carbocycles. The van der Waals surface area contributed by atoms with Crippen LogP contribution in [0.2, 0.25) is 0 Å². The second-order valence-corrected chi connectivity index (χ2v) is 4.04. The maximum absolute atomic E-state index is 11.3. The molecular weight excluding hydrogens is 188 g/mol. The molecule has 0 aliphatic rings. The van der Waals surface area contributed by atoms with Crippen molar-refractivity contribution in [2.45, 2.75) is 26.8 Å². The van der Waals surface area contributed by atoms with E-state index in [9.17, 15) is 4.79 Å². The van der Waals surface area contributed by atoms with E-state index in [1.807, 2.05) is 26.0 Å². The van der Waals surface area contributed by atoms with Crippen molar-refractivity contribution < 1.29 is 10.5 Å². The van der Waals surface area contributed by atoms with Crippen molar-refractivity contribution in [2.24, 2.45) is 0 Å². The van der Waals surface area contributed by atoms with Crippen LogP contribution in [0.15, 0.2) is 18.2 Å². The van der Waals surface area contributed by atoms with Crippen molar-refractivity contribution in [3.63, 3.8) is 0 Å². The molecule has 1 aromatic rings. The van der Waals surface area contributed by atoms with Crippen molar-refractivity contribution in [1.82, 2.24) is 0 Å². The molecule has 0 saturated carbocycles. The van der Waals surface area contributed by atoms with Crippen molar-refractivity contribution >= 4 is 11.6 Å². The number of carbonyl (C=O) groups excluding carboxylic acids is 1. The van der Waals surface area contributed by atoms with Gasteiger partial charge in [0.2, 0.25) is 5.91 Å². The molecule has 1 rings (SSSR count). The van der Waals surface area contributed by atoms with Gasteiger partial charge in [-0.25, -0.2) is 0 Å². The Kier molecular flexibility index (Phi) is 3.48. The maximum atomic E-state index is 11.3. The molecule has 3 heteroatoms. The predicted molar refractivity (Wildman–Crippen MR) is 61.6 cm³/mol. The van der Waals surface area contributed by atoms with Gasteiger partial charge in [-0.2, -0.15) is 0 Å². The number of amides is 1. The third-order valence-electron chi connectivity index (χ3n) is 2.55. The van der Waals surface area contributed by atoms with Crippen LogP contribution in [0.25, 0.3) is 0 Å². The minimum atomic E-state index is 0.0424. The number of benzene rings is 1. The molecule has 0 fully saturated rings. The first-order valence-corrected chi connectivity index (χ1v) is 5.11. The lowest BCUT2D eigenvalue weighted by molar-refractivity contribution is -0.420. The van der Waals surface area contributed by atoms with Crippen LogP contribution in [0.1, 0.15) is 31.0 Å². The molecule has 1 unspecified atom stereocenters. The molecule has 1 amide bonds. The van der Waals surface area contributed by atoms with Crippen LogP contribution < -0.4 is 10.6 Å². The lowest BCUT2D eigenvalue weighted by Gasteiger charge is -2.20. The number of nitrogens with zero attached hydrogens (tertiary/aromatic N) is 1. The van der Waals surface area contributed by atoms with E-state index in [0.717, 1.165) is 11.3 Å². The summed E-state index contributed by atoms with van der Waals surface area (Å²) in [7, 11) is 1.79. The Balaban J connectivity index is 3.22. The predicted octanol–water partition coefficient (Wildman–Crippen LogP) is 1.28. The lowest BCUT2D eigenvalue weighted by atomic mass is 10.0. The van der Waals surface area contributed by atoms with Gasteiger partial charge >= 0.3 is 0 Å². The van der Waals surface area contributed by atoms with Gasteiger partial charge in [0.05, 0.1) is 5.69 Å². The van der Waals surface area contributed by atoms with Crippen molar-refractivity contribution in [3.8, 4) is 0 Å². The Morgan fingerprint density at radius 3 is 2.53 bits per heavy atom. The molecule has 1 aromatic carbocycles. The summed E-state index contributed by atoms with van der Waals surface area (Å²) in [4.78, 5) is 13.0. The van der Waals surface area contributed by atoms with Gasteiger partial charge in [0.1, 0.15) is 6.04 Å². The second-order valence-electron chi connectivity index (χ2n) is 4.04. The first-order valence-electron chi connectivity index (χ1n) is 5.11. The summed E-state index contributed by atoms with van der Waals surface area (Å²) in [5.74, 6) is 0.0424. The lowest BCUT2D eigenvalue weighted by Crippen LogP contribution is -2.52. The molecule has 3 N–H and O–H groups in total. The van der Waals surface area contributed by atoms with E-state index >= 15 is 0 Å².